The topological polar surface area (TPSA) is 9.23 Å². The molecule has 1 rings (SSSR count). The van der Waals surface area contributed by atoms with Gasteiger partial charge >= 0.3 is 6.61 Å². The second-order valence-corrected chi connectivity index (χ2v) is 1.98. The highest BCUT2D eigenvalue weighted by atomic mass is 19.3. The molecule has 3 heteroatoms. The summed E-state index contributed by atoms with van der Waals surface area (Å²) < 4.78 is 26.2. The SMILES string of the molecule is F[C](F)OCC1CC1. The minimum Gasteiger partial charge on any atom is -0.313 e. The summed E-state index contributed by atoms with van der Waals surface area (Å²) in [5.74, 6) is 0.413. The number of rotatable bonds is 3. The Balaban J connectivity index is 1.87. The minimum atomic E-state index is -1.91. The molecular formula is C5H7F2O. The van der Waals surface area contributed by atoms with Crippen LogP contribution in [0.4, 0.5) is 8.78 Å². The molecule has 0 aromatic rings. The van der Waals surface area contributed by atoms with Crippen LogP contribution in [0.2, 0.25) is 0 Å². The molecule has 0 spiro atoms. The molecule has 0 aliphatic heterocycles. The van der Waals surface area contributed by atoms with Gasteiger partial charge in [-0.15, -0.1) is 0 Å². The van der Waals surface area contributed by atoms with Crippen molar-refractivity contribution in [1.82, 2.24) is 0 Å². The van der Waals surface area contributed by atoms with Gasteiger partial charge in [-0.3, -0.25) is 0 Å². The van der Waals surface area contributed by atoms with Crippen LogP contribution in [-0.4, -0.2) is 6.61 Å². The van der Waals surface area contributed by atoms with Gasteiger partial charge in [-0.25, -0.2) is 0 Å². The number of ether oxygens (including phenoxy) is 1. The molecule has 0 bridgehead atoms. The van der Waals surface area contributed by atoms with Crippen LogP contribution in [0.15, 0.2) is 0 Å². The summed E-state index contributed by atoms with van der Waals surface area (Å²) in [7, 11) is 0. The van der Waals surface area contributed by atoms with Crippen molar-refractivity contribution in [2.45, 2.75) is 12.8 Å². The number of halogens is 2. The van der Waals surface area contributed by atoms with E-state index < -0.39 is 6.61 Å². The van der Waals surface area contributed by atoms with Crippen LogP contribution in [0, 0.1) is 12.5 Å². The fourth-order valence-electron chi connectivity index (χ4n) is 0.465. The van der Waals surface area contributed by atoms with Gasteiger partial charge in [0, 0.05) is 0 Å². The summed E-state index contributed by atoms with van der Waals surface area (Å²) >= 11 is 0. The van der Waals surface area contributed by atoms with Crippen molar-refractivity contribution in [3.8, 4) is 0 Å². The van der Waals surface area contributed by atoms with Crippen LogP contribution < -0.4 is 0 Å². The van der Waals surface area contributed by atoms with Gasteiger partial charge in [0.2, 0.25) is 0 Å². The molecule has 1 radical (unpaired) electrons. The Labute approximate surface area is 46.6 Å². The maximum Gasteiger partial charge on any atom is 0.448 e. The standard InChI is InChI=1S/C5H7F2O/c6-5(7)8-3-4-1-2-4/h4H,1-3H2. The summed E-state index contributed by atoms with van der Waals surface area (Å²) in [6.45, 7) is -1.69. The fourth-order valence-corrected chi connectivity index (χ4v) is 0.465. The molecule has 0 amide bonds. The summed E-state index contributed by atoms with van der Waals surface area (Å²) in [6, 6.07) is 0. The fraction of sp³-hybridized carbons (Fsp3) is 0.800. The van der Waals surface area contributed by atoms with E-state index in [9.17, 15) is 8.78 Å². The first-order chi connectivity index (χ1) is 3.79. The molecule has 8 heavy (non-hydrogen) atoms. The van der Waals surface area contributed by atoms with Crippen LogP contribution in [0.5, 0.6) is 0 Å². The Morgan fingerprint density at radius 2 is 2.12 bits per heavy atom. The van der Waals surface area contributed by atoms with Crippen LogP contribution in [0.3, 0.4) is 0 Å². The van der Waals surface area contributed by atoms with Crippen molar-refractivity contribution in [3.05, 3.63) is 6.61 Å². The van der Waals surface area contributed by atoms with E-state index in [1.165, 1.54) is 0 Å². The Morgan fingerprint density at radius 1 is 1.50 bits per heavy atom. The monoisotopic (exact) mass is 121 g/mol. The van der Waals surface area contributed by atoms with E-state index in [-0.39, 0.29) is 6.61 Å². The van der Waals surface area contributed by atoms with Gasteiger partial charge in [0.1, 0.15) is 0 Å². The van der Waals surface area contributed by atoms with Gasteiger partial charge in [0.05, 0.1) is 6.61 Å². The lowest BCUT2D eigenvalue weighted by Gasteiger charge is -1.94. The van der Waals surface area contributed by atoms with Gasteiger partial charge in [-0.1, -0.05) is 0 Å². The van der Waals surface area contributed by atoms with Crippen LogP contribution in [0.25, 0.3) is 0 Å². The molecule has 0 aromatic carbocycles. The first kappa shape index (κ1) is 5.95. The summed E-state index contributed by atoms with van der Waals surface area (Å²) in [4.78, 5) is 0. The zero-order valence-corrected chi connectivity index (χ0v) is 4.36. The Hall–Kier alpha value is -0.180. The predicted molar refractivity (Wildman–Crippen MR) is 24.1 cm³/mol. The van der Waals surface area contributed by atoms with Gasteiger partial charge in [0.15, 0.2) is 0 Å². The molecule has 1 fully saturated rings. The summed E-state index contributed by atoms with van der Waals surface area (Å²) in [6.07, 6.45) is 2.10. The van der Waals surface area contributed by atoms with E-state index in [1.54, 1.807) is 0 Å². The van der Waals surface area contributed by atoms with Gasteiger partial charge < -0.3 is 4.74 Å². The molecule has 0 N–H and O–H groups in total. The third kappa shape index (κ3) is 2.21. The highest BCUT2D eigenvalue weighted by Gasteiger charge is 2.23. The molecule has 0 heterocycles. The van der Waals surface area contributed by atoms with Crippen molar-refractivity contribution < 1.29 is 13.5 Å². The smallest absolute Gasteiger partial charge is 0.313 e. The van der Waals surface area contributed by atoms with Crippen molar-refractivity contribution >= 4 is 0 Å². The Bertz CT molecular complexity index is 68.8. The maximum atomic E-state index is 11.1. The average molecular weight is 121 g/mol. The normalized spacial score (nSPS) is 19.9. The van der Waals surface area contributed by atoms with E-state index in [4.69, 9.17) is 0 Å². The lowest BCUT2D eigenvalue weighted by Crippen LogP contribution is -1.94. The van der Waals surface area contributed by atoms with Crippen molar-refractivity contribution in [2.24, 2.45) is 5.92 Å². The predicted octanol–water partition coefficient (Wildman–Crippen LogP) is 1.80. The second-order valence-electron chi connectivity index (χ2n) is 1.98. The Morgan fingerprint density at radius 3 is 2.50 bits per heavy atom. The molecule has 47 valence electrons. The van der Waals surface area contributed by atoms with Crippen molar-refractivity contribution in [3.63, 3.8) is 0 Å². The lowest BCUT2D eigenvalue weighted by molar-refractivity contribution is -0.0238. The molecule has 0 saturated heterocycles. The third-order valence-corrected chi connectivity index (χ3v) is 1.13. The summed E-state index contributed by atoms with van der Waals surface area (Å²) in [5.41, 5.74) is 0. The van der Waals surface area contributed by atoms with E-state index in [2.05, 4.69) is 4.74 Å². The van der Waals surface area contributed by atoms with Gasteiger partial charge in [0.25, 0.3) is 0 Å². The molecule has 1 nitrogen and oxygen atoms in total. The zero-order chi connectivity index (χ0) is 5.98. The number of hydrogen-bond donors (Lipinski definition) is 0. The largest absolute Gasteiger partial charge is 0.448 e. The van der Waals surface area contributed by atoms with Crippen LogP contribution >= 0.6 is 0 Å². The molecule has 1 aliphatic carbocycles. The Kier molecular flexibility index (Phi) is 1.78. The second kappa shape index (κ2) is 2.40. The molecule has 1 saturated carbocycles. The van der Waals surface area contributed by atoms with Crippen LogP contribution in [0.1, 0.15) is 12.8 Å². The van der Waals surface area contributed by atoms with E-state index in [0.717, 1.165) is 12.8 Å². The quantitative estimate of drug-likeness (QED) is 0.553. The van der Waals surface area contributed by atoms with E-state index in [1.807, 2.05) is 0 Å². The number of hydrogen-bond acceptors (Lipinski definition) is 1. The molecule has 0 atom stereocenters. The zero-order valence-electron chi connectivity index (χ0n) is 4.36. The van der Waals surface area contributed by atoms with Gasteiger partial charge in [-0.2, -0.15) is 8.78 Å². The van der Waals surface area contributed by atoms with Crippen molar-refractivity contribution in [2.75, 3.05) is 6.61 Å². The lowest BCUT2D eigenvalue weighted by atomic mass is 10.5. The van der Waals surface area contributed by atoms with Gasteiger partial charge in [-0.05, 0) is 18.8 Å². The highest BCUT2D eigenvalue weighted by Crippen LogP contribution is 2.29. The molecule has 0 unspecified atom stereocenters. The average Bonchev–Trinajstić information content (AvgIpc) is 2.41. The minimum absolute atomic E-state index is 0.211. The third-order valence-electron chi connectivity index (χ3n) is 1.13. The van der Waals surface area contributed by atoms with E-state index in [0.29, 0.717) is 5.92 Å². The van der Waals surface area contributed by atoms with Crippen LogP contribution in [-0.2, 0) is 4.74 Å². The summed E-state index contributed by atoms with van der Waals surface area (Å²) in [5, 5.41) is 0. The van der Waals surface area contributed by atoms with E-state index >= 15 is 0 Å². The molecule has 1 aliphatic rings. The first-order valence-corrected chi connectivity index (χ1v) is 2.60. The molecular weight excluding hydrogens is 114 g/mol. The first-order valence-electron chi connectivity index (χ1n) is 2.60. The van der Waals surface area contributed by atoms with Crippen molar-refractivity contribution in [1.29, 1.82) is 0 Å². The highest BCUT2D eigenvalue weighted by molar-refractivity contribution is 4.72. The maximum absolute atomic E-state index is 11.1. The molecule has 0 aromatic heterocycles.